The van der Waals surface area contributed by atoms with Gasteiger partial charge in [-0.2, -0.15) is 0 Å². The smallest absolute Gasteiger partial charge is 0.263 e. The number of nitrogens with one attached hydrogen (secondary N) is 3. The predicted molar refractivity (Wildman–Crippen MR) is 124 cm³/mol. The standard InChI is InChI=1S/C25H33F2N3O3/c1-5-16(6-2)21-15(3)33-22-19(21)12-17(13-20(22)24(32)28-4)23(31)30-10-7-8-18-9-11-29-14-25(18,26)27/h5-6,12-13,15,18,21,29H,1,7-11,14H2,2-4H3,(H,28,32)(H,30,31)/b16-6+/t15-,18?,21+/m1/s1. The molecule has 0 spiro atoms. The monoisotopic (exact) mass is 461 g/mol. The van der Waals surface area contributed by atoms with Gasteiger partial charge >= 0.3 is 0 Å². The summed E-state index contributed by atoms with van der Waals surface area (Å²) in [7, 11) is 1.52. The molecule has 1 fully saturated rings. The highest BCUT2D eigenvalue weighted by Gasteiger charge is 2.41. The molecule has 1 saturated heterocycles. The third-order valence-electron chi connectivity index (χ3n) is 6.53. The van der Waals surface area contributed by atoms with E-state index in [-0.39, 0.29) is 36.9 Å². The van der Waals surface area contributed by atoms with E-state index < -0.39 is 11.8 Å². The molecule has 1 aromatic rings. The molecular formula is C25H33F2N3O3. The number of hydrogen-bond donors (Lipinski definition) is 3. The van der Waals surface area contributed by atoms with Crippen molar-refractivity contribution in [2.45, 2.75) is 51.1 Å². The van der Waals surface area contributed by atoms with Gasteiger partial charge in [0.25, 0.3) is 17.7 Å². The summed E-state index contributed by atoms with van der Waals surface area (Å²) in [5, 5.41) is 8.14. The zero-order valence-electron chi connectivity index (χ0n) is 19.5. The number of allylic oxidation sites excluding steroid dienone is 2. The fraction of sp³-hybridized carbons (Fsp3) is 0.520. The molecular weight excluding hydrogens is 428 g/mol. The maximum absolute atomic E-state index is 14.0. The van der Waals surface area contributed by atoms with Crippen LogP contribution in [-0.2, 0) is 0 Å². The fourth-order valence-corrected chi connectivity index (χ4v) is 4.72. The van der Waals surface area contributed by atoms with Crippen molar-refractivity contribution >= 4 is 11.8 Å². The zero-order chi connectivity index (χ0) is 24.2. The van der Waals surface area contributed by atoms with E-state index in [1.54, 1.807) is 12.1 Å². The molecule has 33 heavy (non-hydrogen) atoms. The van der Waals surface area contributed by atoms with E-state index in [1.807, 2.05) is 19.9 Å². The Hall–Kier alpha value is -2.74. The SMILES string of the molecule is C=C/C(=C\C)[C@H]1c2cc(C(=O)NCCCC3CCNCC3(F)F)cc(C(=O)NC)c2O[C@@H]1C. The first kappa shape index (κ1) is 24.9. The minimum Gasteiger partial charge on any atom is -0.489 e. The van der Waals surface area contributed by atoms with E-state index in [0.717, 1.165) is 11.1 Å². The lowest BCUT2D eigenvalue weighted by atomic mass is 9.86. The number of halogens is 2. The van der Waals surface area contributed by atoms with Gasteiger partial charge in [0.2, 0.25) is 0 Å². The summed E-state index contributed by atoms with van der Waals surface area (Å²) < 4.78 is 34.0. The van der Waals surface area contributed by atoms with Gasteiger partial charge in [-0.25, -0.2) is 8.78 Å². The summed E-state index contributed by atoms with van der Waals surface area (Å²) in [4.78, 5) is 25.4. The third kappa shape index (κ3) is 5.27. The summed E-state index contributed by atoms with van der Waals surface area (Å²) in [5.41, 5.74) is 2.34. The molecule has 2 amide bonds. The first-order valence-electron chi connectivity index (χ1n) is 11.5. The van der Waals surface area contributed by atoms with Gasteiger partial charge in [-0.15, -0.1) is 0 Å². The highest BCUT2D eigenvalue weighted by atomic mass is 19.3. The molecule has 0 bridgehead atoms. The van der Waals surface area contributed by atoms with Crippen molar-refractivity contribution in [3.63, 3.8) is 0 Å². The average Bonchev–Trinajstić information content (AvgIpc) is 3.12. The Kier molecular flexibility index (Phi) is 7.89. The van der Waals surface area contributed by atoms with Gasteiger partial charge < -0.3 is 20.7 Å². The molecule has 2 heterocycles. The van der Waals surface area contributed by atoms with E-state index >= 15 is 0 Å². The van der Waals surface area contributed by atoms with Gasteiger partial charge in [0.05, 0.1) is 12.1 Å². The molecule has 3 atom stereocenters. The van der Waals surface area contributed by atoms with Gasteiger partial charge in [-0.1, -0.05) is 18.7 Å². The maximum Gasteiger partial charge on any atom is 0.263 e. The molecule has 2 aliphatic heterocycles. The normalized spacial score (nSPS) is 23.9. The van der Waals surface area contributed by atoms with Crippen molar-refractivity contribution in [2.75, 3.05) is 26.7 Å². The number of carbonyl (C=O) groups excluding carboxylic acids is 2. The number of ether oxygens (including phenoxy) is 1. The molecule has 180 valence electrons. The lowest BCUT2D eigenvalue weighted by Gasteiger charge is -2.31. The number of amides is 2. The number of fused-ring (bicyclic) bond motifs is 1. The van der Waals surface area contributed by atoms with Crippen LogP contribution in [0, 0.1) is 5.92 Å². The zero-order valence-corrected chi connectivity index (χ0v) is 19.5. The van der Waals surface area contributed by atoms with Crippen LogP contribution in [0.1, 0.15) is 65.3 Å². The number of rotatable bonds is 8. The van der Waals surface area contributed by atoms with Crippen molar-refractivity contribution in [1.29, 1.82) is 0 Å². The second-order valence-electron chi connectivity index (χ2n) is 8.64. The Balaban J connectivity index is 1.76. The van der Waals surface area contributed by atoms with E-state index in [4.69, 9.17) is 4.74 Å². The molecule has 6 nitrogen and oxygen atoms in total. The van der Waals surface area contributed by atoms with Crippen LogP contribution in [0.25, 0.3) is 0 Å². The number of piperidine rings is 1. The molecule has 0 saturated carbocycles. The van der Waals surface area contributed by atoms with Crippen LogP contribution >= 0.6 is 0 Å². The van der Waals surface area contributed by atoms with E-state index in [0.29, 0.717) is 42.7 Å². The number of hydrogen-bond acceptors (Lipinski definition) is 4. The van der Waals surface area contributed by atoms with E-state index in [2.05, 4.69) is 22.5 Å². The van der Waals surface area contributed by atoms with Gasteiger partial charge in [0.1, 0.15) is 11.9 Å². The van der Waals surface area contributed by atoms with Crippen molar-refractivity contribution in [3.05, 3.63) is 53.1 Å². The van der Waals surface area contributed by atoms with E-state index in [1.165, 1.54) is 13.1 Å². The van der Waals surface area contributed by atoms with Crippen LogP contribution < -0.4 is 20.7 Å². The van der Waals surface area contributed by atoms with Crippen molar-refractivity contribution in [3.8, 4) is 5.75 Å². The van der Waals surface area contributed by atoms with Gasteiger partial charge in [0.15, 0.2) is 0 Å². The highest BCUT2D eigenvalue weighted by molar-refractivity contribution is 6.02. The minimum atomic E-state index is -2.72. The lowest BCUT2D eigenvalue weighted by molar-refractivity contribution is -0.0762. The van der Waals surface area contributed by atoms with Gasteiger partial charge in [0, 0.05) is 36.6 Å². The third-order valence-corrected chi connectivity index (χ3v) is 6.53. The Labute approximate surface area is 193 Å². The summed E-state index contributed by atoms with van der Waals surface area (Å²) in [6.45, 7) is 8.28. The molecule has 2 aliphatic rings. The maximum atomic E-state index is 14.0. The minimum absolute atomic E-state index is 0.152. The summed E-state index contributed by atoms with van der Waals surface area (Å²) in [6, 6.07) is 3.27. The van der Waals surface area contributed by atoms with Crippen LogP contribution in [0.2, 0.25) is 0 Å². The topological polar surface area (TPSA) is 79.5 Å². The summed E-state index contributed by atoms with van der Waals surface area (Å²) >= 11 is 0. The van der Waals surface area contributed by atoms with Crippen LogP contribution in [-0.4, -0.2) is 50.5 Å². The second-order valence-corrected chi connectivity index (χ2v) is 8.64. The summed E-state index contributed by atoms with van der Waals surface area (Å²) in [5.74, 6) is -3.76. The van der Waals surface area contributed by atoms with Crippen LogP contribution in [0.5, 0.6) is 5.75 Å². The largest absolute Gasteiger partial charge is 0.489 e. The first-order chi connectivity index (χ1) is 15.7. The molecule has 3 rings (SSSR count). The van der Waals surface area contributed by atoms with E-state index in [9.17, 15) is 18.4 Å². The van der Waals surface area contributed by atoms with Crippen molar-refractivity contribution < 1.29 is 23.1 Å². The number of alkyl halides is 2. The quantitative estimate of drug-likeness (QED) is 0.407. The lowest BCUT2D eigenvalue weighted by Crippen LogP contribution is -2.46. The Morgan fingerprint density at radius 3 is 2.73 bits per heavy atom. The van der Waals surface area contributed by atoms with Crippen molar-refractivity contribution in [2.24, 2.45) is 5.92 Å². The molecule has 0 aliphatic carbocycles. The number of benzene rings is 1. The van der Waals surface area contributed by atoms with Crippen LogP contribution in [0.15, 0.2) is 36.4 Å². The molecule has 1 unspecified atom stereocenters. The molecule has 3 N–H and O–H groups in total. The Morgan fingerprint density at radius 2 is 2.09 bits per heavy atom. The molecule has 1 aromatic carbocycles. The fourth-order valence-electron chi connectivity index (χ4n) is 4.72. The highest BCUT2D eigenvalue weighted by Crippen LogP contribution is 2.45. The number of carbonyl (C=O) groups is 2. The van der Waals surface area contributed by atoms with Crippen molar-refractivity contribution in [1.82, 2.24) is 16.0 Å². The van der Waals surface area contributed by atoms with Crippen LogP contribution in [0.3, 0.4) is 0 Å². The van der Waals surface area contributed by atoms with Gasteiger partial charge in [-0.05, 0) is 57.4 Å². The van der Waals surface area contributed by atoms with Crippen LogP contribution in [0.4, 0.5) is 8.78 Å². The molecule has 0 radical (unpaired) electrons. The Bertz CT molecular complexity index is 945. The molecule has 0 aromatic heterocycles. The second kappa shape index (κ2) is 10.5. The average molecular weight is 462 g/mol. The predicted octanol–water partition coefficient (Wildman–Crippen LogP) is 3.80. The Morgan fingerprint density at radius 1 is 1.33 bits per heavy atom. The summed E-state index contributed by atoms with van der Waals surface area (Å²) in [6.07, 6.45) is 4.70. The first-order valence-corrected chi connectivity index (χ1v) is 11.5. The van der Waals surface area contributed by atoms with Gasteiger partial charge in [-0.3, -0.25) is 9.59 Å². The molecule has 8 heteroatoms.